The van der Waals surface area contributed by atoms with Gasteiger partial charge in [-0.25, -0.2) is 0 Å². The molecule has 1 unspecified atom stereocenters. The number of anilines is 1. The Morgan fingerprint density at radius 3 is 2.62 bits per heavy atom. The zero-order valence-electron chi connectivity index (χ0n) is 19.2. The highest BCUT2D eigenvalue weighted by atomic mass is 35.5. The van der Waals surface area contributed by atoms with E-state index in [0.717, 1.165) is 5.56 Å². The number of hydrogen-bond donors (Lipinski definition) is 2. The van der Waals surface area contributed by atoms with Gasteiger partial charge in [0.15, 0.2) is 11.0 Å². The molecule has 1 heterocycles. The molecular weight excluding hydrogens is 474 g/mol. The molecule has 1 atom stereocenters. The third-order valence-electron chi connectivity index (χ3n) is 4.94. The van der Waals surface area contributed by atoms with Crippen molar-refractivity contribution in [3.05, 3.63) is 77.1 Å². The van der Waals surface area contributed by atoms with Crippen LogP contribution >= 0.6 is 23.4 Å². The average molecular weight is 500 g/mol. The summed E-state index contributed by atoms with van der Waals surface area (Å²) in [5.41, 5.74) is 2.09. The van der Waals surface area contributed by atoms with E-state index in [4.69, 9.17) is 16.3 Å². The third kappa shape index (κ3) is 6.39. The Morgan fingerprint density at radius 2 is 1.97 bits per heavy atom. The second-order valence-electron chi connectivity index (χ2n) is 7.46. The molecule has 0 aliphatic rings. The molecule has 0 saturated carbocycles. The molecule has 178 valence electrons. The normalized spacial score (nSPS) is 11.5. The molecule has 3 rings (SSSR count). The van der Waals surface area contributed by atoms with E-state index in [1.165, 1.54) is 11.8 Å². The summed E-state index contributed by atoms with van der Waals surface area (Å²) in [6, 6.07) is 11.7. The molecule has 10 heteroatoms. The van der Waals surface area contributed by atoms with Crippen LogP contribution < -0.4 is 15.4 Å². The summed E-state index contributed by atoms with van der Waals surface area (Å²) in [5, 5.41) is 15.5. The molecule has 2 amide bonds. The Balaban J connectivity index is 1.66. The molecule has 2 aromatic carbocycles. The van der Waals surface area contributed by atoms with Crippen LogP contribution in [0, 0.1) is 6.92 Å². The fourth-order valence-corrected chi connectivity index (χ4v) is 4.18. The van der Waals surface area contributed by atoms with E-state index < -0.39 is 6.04 Å². The van der Waals surface area contributed by atoms with Gasteiger partial charge in [-0.15, -0.1) is 16.8 Å². The van der Waals surface area contributed by atoms with E-state index in [9.17, 15) is 9.59 Å². The van der Waals surface area contributed by atoms with Gasteiger partial charge in [-0.05, 0) is 61.9 Å². The molecule has 2 N–H and O–H groups in total. The van der Waals surface area contributed by atoms with Crippen molar-refractivity contribution in [1.82, 2.24) is 20.1 Å². The molecule has 1 aromatic heterocycles. The standard InChI is InChI=1S/C24H26ClN5O3S/c1-5-12-30-22(16(3)26-23(32)17-6-9-19(33-4)10-7-17)28-29-24(30)34-14-21(31)27-20-11-8-18(25)13-15(20)2/h5-11,13,16H,1,12,14H2,2-4H3,(H,26,32)(H,27,31). The third-order valence-corrected chi connectivity index (χ3v) is 6.14. The van der Waals surface area contributed by atoms with E-state index in [1.807, 2.05) is 18.4 Å². The van der Waals surface area contributed by atoms with Crippen molar-refractivity contribution >= 4 is 40.9 Å². The quantitative estimate of drug-likeness (QED) is 0.311. The molecule has 0 saturated heterocycles. The number of carbonyl (C=O) groups excluding carboxylic acids is 2. The predicted octanol–water partition coefficient (Wildman–Crippen LogP) is 4.66. The van der Waals surface area contributed by atoms with Gasteiger partial charge in [-0.1, -0.05) is 29.4 Å². The maximum absolute atomic E-state index is 12.6. The first-order valence-electron chi connectivity index (χ1n) is 10.5. The average Bonchev–Trinajstić information content (AvgIpc) is 3.22. The first-order chi connectivity index (χ1) is 16.3. The van der Waals surface area contributed by atoms with E-state index in [0.29, 0.717) is 39.5 Å². The first kappa shape index (κ1) is 25.3. The molecule has 3 aromatic rings. The SMILES string of the molecule is C=CCn1c(SCC(=O)Nc2ccc(Cl)cc2C)nnc1C(C)NC(=O)c1ccc(OC)cc1. The number of rotatable bonds is 10. The number of amides is 2. The van der Waals surface area contributed by atoms with Crippen molar-refractivity contribution in [3.63, 3.8) is 0 Å². The minimum Gasteiger partial charge on any atom is -0.497 e. The molecule has 0 fully saturated rings. The molecular formula is C24H26ClN5O3S. The number of carbonyl (C=O) groups is 2. The lowest BCUT2D eigenvalue weighted by Crippen LogP contribution is -2.28. The van der Waals surface area contributed by atoms with Crippen LogP contribution in [0.25, 0.3) is 0 Å². The van der Waals surface area contributed by atoms with E-state index >= 15 is 0 Å². The Hall–Kier alpha value is -3.30. The number of hydrogen-bond acceptors (Lipinski definition) is 6. The zero-order chi connectivity index (χ0) is 24.7. The Kier molecular flexibility index (Phi) is 8.72. The molecule has 0 radical (unpaired) electrons. The van der Waals surface area contributed by atoms with Crippen molar-refractivity contribution in [2.24, 2.45) is 0 Å². The summed E-state index contributed by atoms with van der Waals surface area (Å²) in [7, 11) is 1.57. The van der Waals surface area contributed by atoms with Gasteiger partial charge in [0.25, 0.3) is 5.91 Å². The number of thioether (sulfide) groups is 1. The number of ether oxygens (including phenoxy) is 1. The second kappa shape index (κ2) is 11.7. The van der Waals surface area contributed by atoms with Crippen LogP contribution in [-0.2, 0) is 11.3 Å². The van der Waals surface area contributed by atoms with Crippen molar-refractivity contribution in [2.45, 2.75) is 31.6 Å². The van der Waals surface area contributed by atoms with Gasteiger partial charge in [0.2, 0.25) is 5.91 Å². The van der Waals surface area contributed by atoms with Crippen molar-refractivity contribution in [1.29, 1.82) is 0 Å². The summed E-state index contributed by atoms with van der Waals surface area (Å²) >= 11 is 7.23. The summed E-state index contributed by atoms with van der Waals surface area (Å²) in [6.45, 7) is 7.94. The van der Waals surface area contributed by atoms with E-state index in [2.05, 4.69) is 27.4 Å². The monoisotopic (exact) mass is 499 g/mol. The fourth-order valence-electron chi connectivity index (χ4n) is 3.20. The molecule has 0 bridgehead atoms. The molecule has 34 heavy (non-hydrogen) atoms. The van der Waals surface area contributed by atoms with E-state index in [-0.39, 0.29) is 17.6 Å². The van der Waals surface area contributed by atoms with Crippen LogP contribution in [0.5, 0.6) is 5.75 Å². The van der Waals surface area contributed by atoms with Gasteiger partial charge < -0.3 is 19.9 Å². The van der Waals surface area contributed by atoms with Crippen LogP contribution in [-0.4, -0.2) is 39.4 Å². The lowest BCUT2D eigenvalue weighted by molar-refractivity contribution is -0.113. The molecule has 0 aliphatic carbocycles. The summed E-state index contributed by atoms with van der Waals surface area (Å²) in [6.07, 6.45) is 1.71. The number of aryl methyl sites for hydroxylation is 1. The smallest absolute Gasteiger partial charge is 0.251 e. The summed E-state index contributed by atoms with van der Waals surface area (Å²) in [5.74, 6) is 0.968. The Bertz CT molecular complexity index is 1180. The van der Waals surface area contributed by atoms with E-state index in [1.54, 1.807) is 55.7 Å². The minimum absolute atomic E-state index is 0.143. The minimum atomic E-state index is -0.415. The highest BCUT2D eigenvalue weighted by Gasteiger charge is 2.20. The summed E-state index contributed by atoms with van der Waals surface area (Å²) < 4.78 is 6.96. The predicted molar refractivity (Wildman–Crippen MR) is 135 cm³/mol. The Labute approximate surface area is 207 Å². The number of benzene rings is 2. The van der Waals surface area contributed by atoms with Gasteiger partial charge in [-0.2, -0.15) is 0 Å². The summed E-state index contributed by atoms with van der Waals surface area (Å²) in [4.78, 5) is 25.1. The maximum Gasteiger partial charge on any atom is 0.251 e. The van der Waals surface area contributed by atoms with Crippen LogP contribution in [0.4, 0.5) is 5.69 Å². The lowest BCUT2D eigenvalue weighted by atomic mass is 10.2. The topological polar surface area (TPSA) is 98.1 Å². The van der Waals surface area contributed by atoms with Gasteiger partial charge in [0, 0.05) is 22.8 Å². The van der Waals surface area contributed by atoms with Crippen molar-refractivity contribution < 1.29 is 14.3 Å². The number of nitrogens with zero attached hydrogens (tertiary/aromatic N) is 3. The van der Waals surface area contributed by atoms with Gasteiger partial charge in [0.05, 0.1) is 18.9 Å². The highest BCUT2D eigenvalue weighted by Crippen LogP contribution is 2.23. The van der Waals surface area contributed by atoms with Gasteiger partial charge >= 0.3 is 0 Å². The number of allylic oxidation sites excluding steroid dienone is 1. The van der Waals surface area contributed by atoms with Crippen molar-refractivity contribution in [3.8, 4) is 5.75 Å². The second-order valence-corrected chi connectivity index (χ2v) is 8.84. The molecule has 8 nitrogen and oxygen atoms in total. The number of methoxy groups -OCH3 is 1. The van der Waals surface area contributed by atoms with Crippen molar-refractivity contribution in [2.75, 3.05) is 18.2 Å². The van der Waals surface area contributed by atoms with Gasteiger partial charge in [0.1, 0.15) is 5.75 Å². The van der Waals surface area contributed by atoms with Gasteiger partial charge in [-0.3, -0.25) is 9.59 Å². The van der Waals surface area contributed by atoms with Crippen LogP contribution in [0.3, 0.4) is 0 Å². The maximum atomic E-state index is 12.6. The van der Waals surface area contributed by atoms with Crippen LogP contribution in [0.15, 0.2) is 60.3 Å². The first-order valence-corrected chi connectivity index (χ1v) is 11.9. The zero-order valence-corrected chi connectivity index (χ0v) is 20.7. The largest absolute Gasteiger partial charge is 0.497 e. The molecule has 0 aliphatic heterocycles. The number of nitrogens with one attached hydrogen (secondary N) is 2. The lowest BCUT2D eigenvalue weighted by Gasteiger charge is -2.15. The molecule has 0 spiro atoms. The number of halogens is 1. The van der Waals surface area contributed by atoms with Crippen LogP contribution in [0.1, 0.15) is 34.7 Å². The highest BCUT2D eigenvalue weighted by molar-refractivity contribution is 7.99. The van der Waals surface area contributed by atoms with Crippen LogP contribution in [0.2, 0.25) is 5.02 Å². The number of aromatic nitrogens is 3. The fraction of sp³-hybridized carbons (Fsp3) is 0.250. The Morgan fingerprint density at radius 1 is 1.24 bits per heavy atom.